The molecule has 1 aliphatic heterocycles. The molecule has 2 aromatic carbocycles. The van der Waals surface area contributed by atoms with Crippen molar-refractivity contribution in [3.8, 4) is 11.8 Å². The van der Waals surface area contributed by atoms with E-state index < -0.39 is 11.8 Å². The Labute approximate surface area is 157 Å². The van der Waals surface area contributed by atoms with Gasteiger partial charge in [-0.1, -0.05) is 18.2 Å². The number of nitrogens with one attached hydrogen (secondary N) is 1. The van der Waals surface area contributed by atoms with Crippen molar-refractivity contribution >= 4 is 29.3 Å². The Hall–Kier alpha value is -3.79. The van der Waals surface area contributed by atoms with Gasteiger partial charge in [0.05, 0.1) is 5.69 Å². The lowest BCUT2D eigenvalue weighted by Gasteiger charge is -2.15. The van der Waals surface area contributed by atoms with E-state index in [-0.39, 0.29) is 12.2 Å². The van der Waals surface area contributed by atoms with E-state index in [1.807, 2.05) is 37.2 Å². The third-order valence-electron chi connectivity index (χ3n) is 4.01. The Bertz CT molecular complexity index is 945. The van der Waals surface area contributed by atoms with Gasteiger partial charge in [-0.3, -0.25) is 15.0 Å². The second-order valence-electron chi connectivity index (χ2n) is 6.04. The molecule has 136 valence electrons. The number of amides is 2. The number of hydrogen-bond donors (Lipinski definition) is 1. The van der Waals surface area contributed by atoms with E-state index in [4.69, 9.17) is 10.00 Å². The molecule has 1 aliphatic rings. The zero-order valence-corrected chi connectivity index (χ0v) is 15.0. The largest absolute Gasteiger partial charge is 0.478 e. The van der Waals surface area contributed by atoms with Gasteiger partial charge < -0.3 is 9.64 Å². The van der Waals surface area contributed by atoms with Gasteiger partial charge in [0.2, 0.25) is 0 Å². The number of nitriles is 1. The van der Waals surface area contributed by atoms with Crippen LogP contribution in [0.3, 0.4) is 0 Å². The van der Waals surface area contributed by atoms with Crippen molar-refractivity contribution < 1.29 is 14.3 Å². The lowest BCUT2D eigenvalue weighted by molar-refractivity contribution is -0.117. The second-order valence-corrected chi connectivity index (χ2v) is 6.04. The summed E-state index contributed by atoms with van der Waals surface area (Å²) in [4.78, 5) is 26.9. The highest BCUT2D eigenvalue weighted by Gasteiger charge is 2.34. The topological polar surface area (TPSA) is 85.7 Å². The Balaban J connectivity index is 1.97. The minimum absolute atomic E-state index is 0.00161. The highest BCUT2D eigenvalue weighted by atomic mass is 16.5. The lowest BCUT2D eigenvalue weighted by Crippen LogP contribution is -2.35. The van der Waals surface area contributed by atoms with Crippen LogP contribution in [0.15, 0.2) is 54.1 Å². The summed E-state index contributed by atoms with van der Waals surface area (Å²) in [6.07, 6.45) is 1.48. The third-order valence-corrected chi connectivity index (χ3v) is 4.01. The molecule has 0 aliphatic carbocycles. The minimum Gasteiger partial charge on any atom is -0.478 e. The van der Waals surface area contributed by atoms with E-state index >= 15 is 0 Å². The molecule has 0 atom stereocenters. The smallest absolute Gasteiger partial charge is 0.282 e. The van der Waals surface area contributed by atoms with Gasteiger partial charge in [0.1, 0.15) is 17.4 Å². The van der Waals surface area contributed by atoms with Crippen molar-refractivity contribution in [1.29, 1.82) is 5.26 Å². The van der Waals surface area contributed by atoms with Gasteiger partial charge in [-0.05, 0) is 30.3 Å². The van der Waals surface area contributed by atoms with Crippen LogP contribution < -0.4 is 20.1 Å². The van der Waals surface area contributed by atoms with Gasteiger partial charge in [0.15, 0.2) is 6.61 Å². The van der Waals surface area contributed by atoms with Crippen molar-refractivity contribution in [2.75, 3.05) is 30.6 Å². The first-order chi connectivity index (χ1) is 13.0. The lowest BCUT2D eigenvalue weighted by atomic mass is 10.1. The molecule has 1 saturated heterocycles. The van der Waals surface area contributed by atoms with Crippen LogP contribution in [-0.2, 0) is 9.59 Å². The maximum absolute atomic E-state index is 12.7. The van der Waals surface area contributed by atoms with Crippen LogP contribution in [0.4, 0.5) is 11.4 Å². The van der Waals surface area contributed by atoms with Crippen molar-refractivity contribution in [3.63, 3.8) is 0 Å². The molecule has 1 N–H and O–H groups in total. The summed E-state index contributed by atoms with van der Waals surface area (Å²) in [7, 11) is 3.76. The van der Waals surface area contributed by atoms with E-state index in [1.165, 1.54) is 11.1 Å². The first-order valence-electron chi connectivity index (χ1n) is 8.24. The monoisotopic (exact) mass is 362 g/mol. The average Bonchev–Trinajstić information content (AvgIpc) is 2.96. The third kappa shape index (κ3) is 3.75. The van der Waals surface area contributed by atoms with Gasteiger partial charge in [-0.15, -0.1) is 0 Å². The highest BCUT2D eigenvalue weighted by Crippen LogP contribution is 2.29. The summed E-state index contributed by atoms with van der Waals surface area (Å²) in [5, 5.41) is 10.0. The van der Waals surface area contributed by atoms with Gasteiger partial charge in [-0.25, -0.2) is 5.01 Å². The Morgan fingerprint density at radius 2 is 1.93 bits per heavy atom. The molecule has 0 unspecified atom stereocenters. The molecule has 7 nitrogen and oxygen atoms in total. The van der Waals surface area contributed by atoms with E-state index in [0.29, 0.717) is 17.0 Å². The van der Waals surface area contributed by atoms with E-state index in [2.05, 4.69) is 5.43 Å². The number of ether oxygens (including phenoxy) is 1. The molecule has 2 aromatic rings. The van der Waals surface area contributed by atoms with Crippen molar-refractivity contribution in [2.24, 2.45) is 0 Å². The molecule has 0 radical (unpaired) electrons. The maximum Gasteiger partial charge on any atom is 0.282 e. The highest BCUT2D eigenvalue weighted by molar-refractivity contribution is 6.31. The molecule has 2 amide bonds. The Morgan fingerprint density at radius 3 is 2.59 bits per heavy atom. The van der Waals surface area contributed by atoms with Crippen LogP contribution >= 0.6 is 0 Å². The summed E-state index contributed by atoms with van der Waals surface area (Å²) < 4.78 is 5.48. The zero-order valence-electron chi connectivity index (χ0n) is 15.0. The van der Waals surface area contributed by atoms with Crippen LogP contribution in [0.25, 0.3) is 6.08 Å². The van der Waals surface area contributed by atoms with Gasteiger partial charge >= 0.3 is 0 Å². The average molecular weight is 362 g/mol. The molecular formula is C20H18N4O3. The van der Waals surface area contributed by atoms with Gasteiger partial charge in [0.25, 0.3) is 11.8 Å². The number of rotatable bonds is 5. The fourth-order valence-electron chi connectivity index (χ4n) is 2.63. The molecule has 7 heteroatoms. The quantitative estimate of drug-likeness (QED) is 0.650. The van der Waals surface area contributed by atoms with Crippen LogP contribution in [0, 0.1) is 11.3 Å². The summed E-state index contributed by atoms with van der Waals surface area (Å²) in [5.74, 6) is -0.519. The van der Waals surface area contributed by atoms with Crippen molar-refractivity contribution in [1.82, 2.24) is 5.43 Å². The number of carbonyl (C=O) groups excluding carboxylic acids is 2. The Morgan fingerprint density at radius 1 is 1.19 bits per heavy atom. The number of para-hydroxylation sites is 1. The predicted octanol–water partition coefficient (Wildman–Crippen LogP) is 2.12. The molecule has 1 heterocycles. The van der Waals surface area contributed by atoms with E-state index in [1.54, 1.807) is 36.4 Å². The summed E-state index contributed by atoms with van der Waals surface area (Å²) in [5.41, 5.74) is 4.55. The number of benzene rings is 2. The first-order valence-corrected chi connectivity index (χ1v) is 8.24. The minimum atomic E-state index is -0.494. The fraction of sp³-hybridized carbons (Fsp3) is 0.150. The number of hydrazine groups is 1. The number of nitrogens with zero attached hydrogens (tertiary/aromatic N) is 3. The standard InChI is InChI=1S/C20H18N4O3/c1-23(2)16-9-8-14(18(13-16)27-11-10-21)12-17-19(25)22-24(20(17)26)15-6-4-3-5-7-15/h3-9,12-13H,11H2,1-2H3,(H,22,25)/b17-12-. The molecule has 3 rings (SSSR count). The summed E-state index contributed by atoms with van der Waals surface area (Å²) in [6, 6.07) is 16.1. The van der Waals surface area contributed by atoms with Crippen LogP contribution in [0.1, 0.15) is 5.56 Å². The van der Waals surface area contributed by atoms with Gasteiger partial charge in [-0.2, -0.15) is 5.26 Å². The molecular weight excluding hydrogens is 344 g/mol. The van der Waals surface area contributed by atoms with Crippen LogP contribution in [0.2, 0.25) is 0 Å². The summed E-state index contributed by atoms with van der Waals surface area (Å²) >= 11 is 0. The second kappa shape index (κ2) is 7.62. The van der Waals surface area contributed by atoms with E-state index in [0.717, 1.165) is 5.69 Å². The number of carbonyl (C=O) groups is 2. The molecule has 1 fully saturated rings. The molecule has 0 saturated carbocycles. The van der Waals surface area contributed by atoms with Crippen molar-refractivity contribution in [2.45, 2.75) is 0 Å². The maximum atomic E-state index is 12.7. The van der Waals surface area contributed by atoms with Crippen LogP contribution in [0.5, 0.6) is 5.75 Å². The predicted molar refractivity (Wildman–Crippen MR) is 102 cm³/mol. The zero-order chi connectivity index (χ0) is 19.4. The fourth-order valence-corrected chi connectivity index (χ4v) is 2.63. The van der Waals surface area contributed by atoms with E-state index in [9.17, 15) is 9.59 Å². The molecule has 0 aromatic heterocycles. The molecule has 0 bridgehead atoms. The number of anilines is 2. The van der Waals surface area contributed by atoms with Crippen molar-refractivity contribution in [3.05, 3.63) is 59.7 Å². The normalized spacial score (nSPS) is 14.9. The first kappa shape index (κ1) is 18.0. The molecule has 27 heavy (non-hydrogen) atoms. The Kier molecular flexibility index (Phi) is 5.08. The molecule has 0 spiro atoms. The van der Waals surface area contributed by atoms with Gasteiger partial charge in [0, 0.05) is 31.4 Å². The summed E-state index contributed by atoms with van der Waals surface area (Å²) in [6.45, 7) is -0.136. The number of hydrogen-bond acceptors (Lipinski definition) is 5. The SMILES string of the molecule is CN(C)c1ccc(/C=C2/C(=O)NN(c3ccccc3)C2=O)c(OCC#N)c1. The van der Waals surface area contributed by atoms with Crippen LogP contribution in [-0.4, -0.2) is 32.5 Å².